The molecule has 6 nitrogen and oxygen atoms in total. The van der Waals surface area contributed by atoms with Crippen molar-refractivity contribution in [1.82, 2.24) is 20.0 Å². The van der Waals surface area contributed by atoms with E-state index in [1.165, 1.54) is 0 Å². The Morgan fingerprint density at radius 1 is 1.50 bits per heavy atom. The van der Waals surface area contributed by atoms with Crippen LogP contribution in [0.3, 0.4) is 0 Å². The van der Waals surface area contributed by atoms with Crippen LogP contribution < -0.4 is 5.32 Å². The Kier molecular flexibility index (Phi) is 3.53. The Bertz CT molecular complexity index is 357. The van der Waals surface area contributed by atoms with Crippen LogP contribution in [0.5, 0.6) is 0 Å². The Morgan fingerprint density at radius 2 is 2.25 bits per heavy atom. The van der Waals surface area contributed by atoms with Crippen molar-refractivity contribution in [3.63, 3.8) is 0 Å². The normalized spacial score (nSPS) is 16.4. The minimum atomic E-state index is 0.0192. The number of carbonyl (C=O) groups excluding carboxylic acids is 1. The maximum absolute atomic E-state index is 12.0. The molecule has 1 aromatic rings. The van der Waals surface area contributed by atoms with Crippen molar-refractivity contribution in [2.24, 2.45) is 0 Å². The standard InChI is InChI=1S/C10H16N4O2/c15-6-5-14-8-9(7-12-14)10(16)13-3-1-11-2-4-13/h7-8,11,15H,1-6H2. The average molecular weight is 224 g/mol. The first-order valence-corrected chi connectivity index (χ1v) is 5.44. The molecule has 1 aliphatic heterocycles. The molecule has 6 heteroatoms. The van der Waals surface area contributed by atoms with Crippen LogP contribution in [0.2, 0.25) is 0 Å². The summed E-state index contributed by atoms with van der Waals surface area (Å²) in [7, 11) is 0. The van der Waals surface area contributed by atoms with Crippen molar-refractivity contribution in [3.8, 4) is 0 Å². The van der Waals surface area contributed by atoms with Gasteiger partial charge in [0.05, 0.1) is 24.9 Å². The highest BCUT2D eigenvalue weighted by Crippen LogP contribution is 2.05. The largest absolute Gasteiger partial charge is 0.394 e. The van der Waals surface area contributed by atoms with Gasteiger partial charge in [-0.2, -0.15) is 5.10 Å². The zero-order valence-corrected chi connectivity index (χ0v) is 9.09. The summed E-state index contributed by atoms with van der Waals surface area (Å²) in [5, 5.41) is 16.0. The van der Waals surface area contributed by atoms with Gasteiger partial charge in [0.25, 0.3) is 5.91 Å². The number of nitrogens with one attached hydrogen (secondary N) is 1. The Hall–Kier alpha value is -1.40. The Labute approximate surface area is 93.9 Å². The zero-order valence-electron chi connectivity index (χ0n) is 9.09. The number of aromatic nitrogens is 2. The first-order valence-electron chi connectivity index (χ1n) is 5.44. The van der Waals surface area contributed by atoms with Gasteiger partial charge in [-0.1, -0.05) is 0 Å². The number of rotatable bonds is 3. The van der Waals surface area contributed by atoms with E-state index in [0.29, 0.717) is 12.1 Å². The molecule has 1 amide bonds. The third-order valence-corrected chi connectivity index (χ3v) is 2.61. The highest BCUT2D eigenvalue weighted by Gasteiger charge is 2.18. The van der Waals surface area contributed by atoms with Crippen molar-refractivity contribution in [2.75, 3.05) is 32.8 Å². The predicted octanol–water partition coefficient (Wildman–Crippen LogP) is -1.08. The Morgan fingerprint density at radius 3 is 2.94 bits per heavy atom. The first-order chi connectivity index (χ1) is 7.81. The van der Waals surface area contributed by atoms with Crippen LogP contribution in [0.25, 0.3) is 0 Å². The van der Waals surface area contributed by atoms with E-state index in [1.807, 2.05) is 4.90 Å². The molecule has 0 bridgehead atoms. The molecule has 1 fully saturated rings. The fourth-order valence-corrected chi connectivity index (χ4v) is 1.75. The zero-order chi connectivity index (χ0) is 11.4. The molecule has 2 rings (SSSR count). The van der Waals surface area contributed by atoms with Crippen LogP contribution in [0.1, 0.15) is 10.4 Å². The van der Waals surface area contributed by atoms with Crippen molar-refractivity contribution in [3.05, 3.63) is 18.0 Å². The predicted molar refractivity (Wildman–Crippen MR) is 58.1 cm³/mol. The number of amides is 1. The third-order valence-electron chi connectivity index (χ3n) is 2.61. The van der Waals surface area contributed by atoms with E-state index in [9.17, 15) is 4.79 Å². The number of nitrogens with zero attached hydrogens (tertiary/aromatic N) is 3. The monoisotopic (exact) mass is 224 g/mol. The highest BCUT2D eigenvalue weighted by atomic mass is 16.3. The average Bonchev–Trinajstić information content (AvgIpc) is 2.78. The van der Waals surface area contributed by atoms with Gasteiger partial charge in [0.1, 0.15) is 0 Å². The van der Waals surface area contributed by atoms with E-state index in [4.69, 9.17) is 5.11 Å². The topological polar surface area (TPSA) is 70.4 Å². The molecule has 0 atom stereocenters. The summed E-state index contributed by atoms with van der Waals surface area (Å²) in [6.07, 6.45) is 3.24. The summed E-state index contributed by atoms with van der Waals surface area (Å²) in [6.45, 7) is 3.62. The molecular formula is C10H16N4O2. The molecule has 2 N–H and O–H groups in total. The fourth-order valence-electron chi connectivity index (χ4n) is 1.75. The van der Waals surface area contributed by atoms with Crippen molar-refractivity contribution >= 4 is 5.91 Å². The molecule has 1 saturated heterocycles. The smallest absolute Gasteiger partial charge is 0.257 e. The Balaban J connectivity index is 2.01. The van der Waals surface area contributed by atoms with Crippen molar-refractivity contribution in [1.29, 1.82) is 0 Å². The molecule has 0 aliphatic carbocycles. The van der Waals surface area contributed by atoms with Gasteiger partial charge >= 0.3 is 0 Å². The molecule has 1 aromatic heterocycles. The second-order valence-corrected chi connectivity index (χ2v) is 3.76. The van der Waals surface area contributed by atoms with E-state index >= 15 is 0 Å². The lowest BCUT2D eigenvalue weighted by atomic mass is 10.2. The van der Waals surface area contributed by atoms with Crippen LogP contribution in [0, 0.1) is 0 Å². The number of aliphatic hydroxyl groups is 1. The van der Waals surface area contributed by atoms with Gasteiger partial charge in [-0.05, 0) is 0 Å². The molecule has 2 heterocycles. The van der Waals surface area contributed by atoms with Gasteiger partial charge in [0.2, 0.25) is 0 Å². The minimum absolute atomic E-state index is 0.0192. The molecule has 88 valence electrons. The van der Waals surface area contributed by atoms with E-state index in [0.717, 1.165) is 26.2 Å². The number of piperazine rings is 1. The molecule has 16 heavy (non-hydrogen) atoms. The van der Waals surface area contributed by atoms with Crippen LogP contribution in [-0.2, 0) is 6.54 Å². The van der Waals surface area contributed by atoms with E-state index < -0.39 is 0 Å². The molecule has 0 radical (unpaired) electrons. The minimum Gasteiger partial charge on any atom is -0.394 e. The van der Waals surface area contributed by atoms with Gasteiger partial charge < -0.3 is 15.3 Å². The van der Waals surface area contributed by atoms with Crippen LogP contribution in [-0.4, -0.2) is 58.5 Å². The molecule has 0 aromatic carbocycles. The summed E-state index contributed by atoms with van der Waals surface area (Å²) in [4.78, 5) is 13.8. The summed E-state index contributed by atoms with van der Waals surface area (Å²) >= 11 is 0. The third kappa shape index (κ3) is 2.40. The second kappa shape index (κ2) is 5.09. The molecule has 0 unspecified atom stereocenters. The quantitative estimate of drug-likeness (QED) is 0.685. The lowest BCUT2D eigenvalue weighted by Crippen LogP contribution is -2.46. The fraction of sp³-hybridized carbons (Fsp3) is 0.600. The number of aliphatic hydroxyl groups excluding tert-OH is 1. The van der Waals surface area contributed by atoms with E-state index in [2.05, 4.69) is 10.4 Å². The SMILES string of the molecule is O=C(c1cnn(CCO)c1)N1CCNCC1. The van der Waals surface area contributed by atoms with Crippen molar-refractivity contribution < 1.29 is 9.90 Å². The summed E-state index contributed by atoms with van der Waals surface area (Å²) in [6, 6.07) is 0. The van der Waals surface area contributed by atoms with Crippen molar-refractivity contribution in [2.45, 2.75) is 6.54 Å². The maximum Gasteiger partial charge on any atom is 0.257 e. The van der Waals surface area contributed by atoms with Crippen LogP contribution >= 0.6 is 0 Å². The summed E-state index contributed by atoms with van der Waals surface area (Å²) in [5.41, 5.74) is 0.593. The summed E-state index contributed by atoms with van der Waals surface area (Å²) in [5.74, 6) is 0.0192. The van der Waals surface area contributed by atoms with Gasteiger partial charge in [-0.25, -0.2) is 0 Å². The number of hydrogen-bond acceptors (Lipinski definition) is 4. The number of hydrogen-bond donors (Lipinski definition) is 2. The van der Waals surface area contributed by atoms with Crippen LogP contribution in [0.4, 0.5) is 0 Å². The van der Waals surface area contributed by atoms with Gasteiger partial charge in [0, 0.05) is 32.4 Å². The van der Waals surface area contributed by atoms with E-state index in [-0.39, 0.29) is 12.5 Å². The molecule has 1 aliphatic rings. The second-order valence-electron chi connectivity index (χ2n) is 3.76. The molecular weight excluding hydrogens is 208 g/mol. The van der Waals surface area contributed by atoms with Gasteiger partial charge in [-0.3, -0.25) is 9.48 Å². The lowest BCUT2D eigenvalue weighted by molar-refractivity contribution is 0.0735. The maximum atomic E-state index is 12.0. The van der Waals surface area contributed by atoms with Gasteiger partial charge in [0.15, 0.2) is 0 Å². The number of carbonyl (C=O) groups is 1. The lowest BCUT2D eigenvalue weighted by Gasteiger charge is -2.26. The summed E-state index contributed by atoms with van der Waals surface area (Å²) < 4.78 is 1.58. The van der Waals surface area contributed by atoms with E-state index in [1.54, 1.807) is 17.1 Å². The first kappa shape index (κ1) is 11.1. The van der Waals surface area contributed by atoms with Gasteiger partial charge in [-0.15, -0.1) is 0 Å². The molecule has 0 saturated carbocycles. The molecule has 0 spiro atoms. The van der Waals surface area contributed by atoms with Crippen LogP contribution in [0.15, 0.2) is 12.4 Å². The highest BCUT2D eigenvalue weighted by molar-refractivity contribution is 5.93.